The maximum atomic E-state index is 13.9. The van der Waals surface area contributed by atoms with E-state index >= 15 is 0 Å². The van der Waals surface area contributed by atoms with Crippen molar-refractivity contribution in [3.05, 3.63) is 58.8 Å². The fourth-order valence-electron chi connectivity index (χ4n) is 7.23. The number of nitrogens with zero attached hydrogens (tertiary/aromatic N) is 3. The highest BCUT2D eigenvalue weighted by Crippen LogP contribution is 2.48. The minimum atomic E-state index is -4.51. The van der Waals surface area contributed by atoms with Gasteiger partial charge in [-0.05, 0) is 83.9 Å². The Kier molecular flexibility index (Phi) is 7.99. The number of hydrogen-bond donors (Lipinski definition) is 2. The Labute approximate surface area is 291 Å². The number of aromatic nitrogens is 2. The number of thiazole rings is 1. The topological polar surface area (TPSA) is 127 Å². The third kappa shape index (κ3) is 6.04. The van der Waals surface area contributed by atoms with Crippen molar-refractivity contribution in [3.63, 3.8) is 0 Å². The molecule has 2 saturated heterocycles. The van der Waals surface area contributed by atoms with Gasteiger partial charge in [0.25, 0.3) is 5.91 Å². The van der Waals surface area contributed by atoms with Gasteiger partial charge in [-0.25, -0.2) is 18.1 Å². The second-order valence-corrected chi connectivity index (χ2v) is 17.8. The number of hydrogen-bond acceptors (Lipinski definition) is 10. The molecule has 4 aromatic rings. The molecule has 5 aliphatic rings. The van der Waals surface area contributed by atoms with E-state index in [4.69, 9.17) is 14.2 Å². The number of piperidine rings is 1. The van der Waals surface area contributed by atoms with Crippen LogP contribution in [0.4, 0.5) is 18.3 Å². The molecule has 3 aliphatic carbocycles. The van der Waals surface area contributed by atoms with E-state index < -0.39 is 32.4 Å². The van der Waals surface area contributed by atoms with Crippen LogP contribution >= 0.6 is 11.3 Å². The molecule has 5 fully saturated rings. The Morgan fingerprint density at radius 2 is 1.86 bits per heavy atom. The molecular weight excluding hydrogens is 692 g/mol. The zero-order valence-corrected chi connectivity index (χ0v) is 29.5. The van der Waals surface area contributed by atoms with E-state index in [1.165, 1.54) is 23.5 Å². The van der Waals surface area contributed by atoms with Crippen LogP contribution in [-0.2, 0) is 22.7 Å². The van der Waals surface area contributed by atoms with Crippen LogP contribution < -0.4 is 19.7 Å². The zero-order chi connectivity index (χ0) is 35.2. The van der Waals surface area contributed by atoms with Crippen LogP contribution in [0.3, 0.4) is 0 Å². The van der Waals surface area contributed by atoms with Gasteiger partial charge in [-0.3, -0.25) is 4.79 Å². The second-order valence-electron chi connectivity index (χ2n) is 14.6. The number of ether oxygens (including phenoxy) is 1. The minimum absolute atomic E-state index is 0.0289. The summed E-state index contributed by atoms with van der Waals surface area (Å²) in [5.74, 6) is 0.588. The van der Waals surface area contributed by atoms with Gasteiger partial charge in [0.05, 0.1) is 21.1 Å². The van der Waals surface area contributed by atoms with Crippen LogP contribution in [0.2, 0.25) is 0 Å². The molecule has 15 heteroatoms. The lowest BCUT2D eigenvalue weighted by atomic mass is 9.77. The maximum Gasteiger partial charge on any atom is 0.417 e. The number of alkyl halides is 3. The van der Waals surface area contributed by atoms with E-state index in [1.54, 1.807) is 25.1 Å². The second kappa shape index (κ2) is 11.9. The molecule has 2 aromatic carbocycles. The molecule has 266 valence electrons. The number of carbonyl (C=O) groups excluding carboxylic acids is 1. The molecule has 0 spiro atoms. The number of halogens is 3. The van der Waals surface area contributed by atoms with E-state index in [-0.39, 0.29) is 47.0 Å². The summed E-state index contributed by atoms with van der Waals surface area (Å²) in [5.41, 5.74) is 1.06. The average Bonchev–Trinajstić information content (AvgIpc) is 3.96. The van der Waals surface area contributed by atoms with Crippen molar-refractivity contribution in [1.82, 2.24) is 20.2 Å². The third-order valence-corrected chi connectivity index (χ3v) is 13.6. The van der Waals surface area contributed by atoms with Crippen molar-refractivity contribution >= 4 is 42.6 Å². The first kappa shape index (κ1) is 33.5. The molecule has 2 unspecified atom stereocenters. The lowest BCUT2D eigenvalue weighted by Gasteiger charge is -2.55. The maximum absolute atomic E-state index is 13.9. The minimum Gasteiger partial charge on any atom is -0.489 e. The van der Waals surface area contributed by atoms with Crippen molar-refractivity contribution in [3.8, 4) is 17.0 Å². The lowest BCUT2D eigenvalue weighted by molar-refractivity contribution is -0.137. The highest BCUT2D eigenvalue weighted by atomic mass is 32.2. The Bertz CT molecular complexity index is 2070. The molecule has 2 N–H and O–H groups in total. The number of benzene rings is 2. The Morgan fingerprint density at radius 3 is 2.52 bits per heavy atom. The molecule has 3 saturated carbocycles. The zero-order valence-electron chi connectivity index (χ0n) is 27.8. The van der Waals surface area contributed by atoms with E-state index in [0.29, 0.717) is 42.0 Å². The number of fused-ring (bicyclic) bond motifs is 3. The van der Waals surface area contributed by atoms with Gasteiger partial charge < -0.3 is 19.5 Å². The van der Waals surface area contributed by atoms with Gasteiger partial charge in [-0.1, -0.05) is 34.7 Å². The normalized spacial score (nSPS) is 22.9. The Morgan fingerprint density at radius 1 is 1.14 bits per heavy atom. The standard InChI is InChI=1S/C35H38F3N5O5S2/c1-18(2)47-27-12-20(32(44)42-50(45,46)34(3)10-11-34)13-28-30(27)40-33(49-28)43-22-14-21(15-23(43)16-22)39-17-25-29(41-48-31(25)19-8-9-19)24-6-4-5-7-26(24)35(36,37)38/h4-7,12-13,18-19,21-23,39H,8-11,14-17H2,1-3H3,(H,42,44). The Balaban J connectivity index is 0.998. The van der Waals surface area contributed by atoms with Crippen molar-refractivity contribution in [2.75, 3.05) is 4.90 Å². The SMILES string of the molecule is CC(C)Oc1cc(C(=O)NS(=O)(=O)C2(C)CC2)cc2sc(N3C4CC(NCc5c(-c6ccccc6C(F)(F)F)noc5C5CC5)CC3C4)nc12. The first-order chi connectivity index (χ1) is 23.7. The van der Waals surface area contributed by atoms with Gasteiger partial charge in [-0.2, -0.15) is 13.2 Å². The van der Waals surface area contributed by atoms with Crippen LogP contribution in [0.25, 0.3) is 21.5 Å². The molecule has 9 rings (SSSR count). The molecule has 1 amide bonds. The predicted molar refractivity (Wildman–Crippen MR) is 183 cm³/mol. The van der Waals surface area contributed by atoms with Gasteiger partial charge in [0.15, 0.2) is 5.13 Å². The van der Waals surface area contributed by atoms with E-state index in [0.717, 1.165) is 48.0 Å². The monoisotopic (exact) mass is 729 g/mol. The van der Waals surface area contributed by atoms with Crippen molar-refractivity contribution < 1.29 is 35.6 Å². The van der Waals surface area contributed by atoms with Crippen LogP contribution in [-0.4, -0.2) is 53.4 Å². The average molecular weight is 730 g/mol. The van der Waals surface area contributed by atoms with Crippen molar-refractivity contribution in [2.45, 2.75) is 113 Å². The number of rotatable bonds is 11. The van der Waals surface area contributed by atoms with Crippen LogP contribution in [0.1, 0.15) is 98.9 Å². The van der Waals surface area contributed by atoms with Gasteiger partial charge in [0.1, 0.15) is 22.7 Å². The molecule has 2 aliphatic heterocycles. The fourth-order valence-corrected chi connectivity index (χ4v) is 9.64. The third-order valence-electron chi connectivity index (χ3n) is 10.4. The van der Waals surface area contributed by atoms with Gasteiger partial charge in [-0.15, -0.1) is 0 Å². The summed E-state index contributed by atoms with van der Waals surface area (Å²) in [6, 6.07) is 9.31. The van der Waals surface area contributed by atoms with Gasteiger partial charge >= 0.3 is 6.18 Å². The summed E-state index contributed by atoms with van der Waals surface area (Å²) in [7, 11) is -3.81. The van der Waals surface area contributed by atoms with E-state index in [1.807, 2.05) is 13.8 Å². The molecule has 10 nitrogen and oxygen atoms in total. The first-order valence-electron chi connectivity index (χ1n) is 17.1. The molecular formula is C35H38F3N5O5S2. The predicted octanol–water partition coefficient (Wildman–Crippen LogP) is 7.15. The van der Waals surface area contributed by atoms with E-state index in [2.05, 4.69) is 20.1 Å². The van der Waals surface area contributed by atoms with Gasteiger partial charge in [0, 0.05) is 47.3 Å². The number of nitrogens with one attached hydrogen (secondary N) is 2. The largest absolute Gasteiger partial charge is 0.489 e. The van der Waals surface area contributed by atoms with Gasteiger partial charge in [0.2, 0.25) is 10.0 Å². The van der Waals surface area contributed by atoms with Crippen LogP contribution in [0.5, 0.6) is 5.75 Å². The van der Waals surface area contributed by atoms with Crippen LogP contribution in [0.15, 0.2) is 40.9 Å². The highest BCUT2D eigenvalue weighted by molar-refractivity contribution is 7.91. The lowest BCUT2D eigenvalue weighted by Crippen LogP contribution is -2.64. The summed E-state index contributed by atoms with van der Waals surface area (Å²) in [4.78, 5) is 20.4. The summed E-state index contributed by atoms with van der Waals surface area (Å²) in [5, 5.41) is 8.59. The summed E-state index contributed by atoms with van der Waals surface area (Å²) >= 11 is 1.45. The number of carbonyl (C=O) groups is 1. The first-order valence-corrected chi connectivity index (χ1v) is 19.4. The molecule has 50 heavy (non-hydrogen) atoms. The summed E-state index contributed by atoms with van der Waals surface area (Å²) < 4.78 is 81.1. The van der Waals surface area contributed by atoms with Crippen molar-refractivity contribution in [2.24, 2.45) is 0 Å². The number of amides is 1. The molecule has 0 radical (unpaired) electrons. The molecule has 2 bridgehead atoms. The smallest absolute Gasteiger partial charge is 0.417 e. The molecule has 4 heterocycles. The summed E-state index contributed by atoms with van der Waals surface area (Å²) in [6.07, 6.45) is 0.835. The highest BCUT2D eigenvalue weighted by Gasteiger charge is 2.51. The van der Waals surface area contributed by atoms with E-state index in [9.17, 15) is 26.4 Å². The fraction of sp³-hybridized carbons (Fsp3) is 0.514. The quantitative estimate of drug-likeness (QED) is 0.166. The number of sulfonamides is 1. The molecule has 2 aromatic heterocycles. The molecule has 2 atom stereocenters. The Hall–Kier alpha value is -3.69. The number of anilines is 1. The van der Waals surface area contributed by atoms with Crippen LogP contribution in [0, 0.1) is 0 Å². The summed E-state index contributed by atoms with van der Waals surface area (Å²) in [6.45, 7) is 5.75. The van der Waals surface area contributed by atoms with Crippen molar-refractivity contribution in [1.29, 1.82) is 0 Å².